The van der Waals surface area contributed by atoms with Crippen molar-refractivity contribution in [2.75, 3.05) is 18.6 Å². The Morgan fingerprint density at radius 3 is 2.62 bits per heavy atom. The molecule has 0 spiro atoms. The lowest BCUT2D eigenvalue weighted by atomic mass is 9.98. The van der Waals surface area contributed by atoms with Gasteiger partial charge in [-0.25, -0.2) is 9.69 Å². The van der Waals surface area contributed by atoms with Gasteiger partial charge in [-0.15, -0.1) is 0 Å². The molecule has 1 fully saturated rings. The zero-order valence-corrected chi connectivity index (χ0v) is 14.9. The Balaban J connectivity index is 1.99. The van der Waals surface area contributed by atoms with E-state index in [1.807, 2.05) is 0 Å². The largest absolute Gasteiger partial charge is 0.464 e. The summed E-state index contributed by atoms with van der Waals surface area (Å²) >= 11 is 5.96. The van der Waals surface area contributed by atoms with Crippen LogP contribution in [0.25, 0.3) is 0 Å². The maximum absolute atomic E-state index is 12.9. The van der Waals surface area contributed by atoms with Crippen LogP contribution in [0.15, 0.2) is 29.4 Å². The van der Waals surface area contributed by atoms with Gasteiger partial charge >= 0.3 is 5.97 Å². The second-order valence-corrected chi connectivity index (χ2v) is 6.44. The minimum absolute atomic E-state index is 0.0910. The molecule has 0 unspecified atom stereocenters. The molecule has 1 saturated heterocycles. The van der Waals surface area contributed by atoms with Crippen LogP contribution in [0.2, 0.25) is 5.02 Å². The summed E-state index contributed by atoms with van der Waals surface area (Å²) in [5, 5.41) is 5.78. The number of methoxy groups -OCH3 is 1. The molecule has 3 rings (SSSR count). The van der Waals surface area contributed by atoms with E-state index in [2.05, 4.69) is 5.10 Å². The Morgan fingerprint density at radius 1 is 1.27 bits per heavy atom. The van der Waals surface area contributed by atoms with Gasteiger partial charge in [-0.2, -0.15) is 5.10 Å². The molecule has 26 heavy (non-hydrogen) atoms. The summed E-state index contributed by atoms with van der Waals surface area (Å²) in [5.74, 6) is -3.03. The number of hydrazone groups is 1. The van der Waals surface area contributed by atoms with Gasteiger partial charge in [0.25, 0.3) is 5.91 Å². The number of ketones is 1. The standard InChI is InChI=1S/C17H16ClN3O5/c1-9(22)6-7-20-14-12(13(19-20)17(25)26-2)15(23)21(16(14)24)11-5-3-4-10(18)8-11/h3-5,8,12,14H,6-7H2,1-2H3/t12-,14-/m0/s1. The molecule has 2 heterocycles. The van der Waals surface area contributed by atoms with Gasteiger partial charge in [-0.05, 0) is 25.1 Å². The average molecular weight is 378 g/mol. The third kappa shape index (κ3) is 2.96. The zero-order chi connectivity index (χ0) is 19.0. The van der Waals surface area contributed by atoms with E-state index in [0.29, 0.717) is 10.7 Å². The smallest absolute Gasteiger partial charge is 0.355 e. The molecule has 0 saturated carbocycles. The highest BCUT2D eigenvalue weighted by Gasteiger charge is 2.58. The number of ether oxygens (including phenoxy) is 1. The van der Waals surface area contributed by atoms with E-state index >= 15 is 0 Å². The molecule has 0 aliphatic carbocycles. The number of esters is 1. The molecule has 2 atom stereocenters. The quantitative estimate of drug-likeness (QED) is 0.561. The Labute approximate surface area is 154 Å². The molecule has 1 aromatic carbocycles. The van der Waals surface area contributed by atoms with Crippen molar-refractivity contribution in [3.8, 4) is 0 Å². The van der Waals surface area contributed by atoms with E-state index in [0.717, 1.165) is 4.90 Å². The van der Waals surface area contributed by atoms with E-state index in [-0.39, 0.29) is 24.5 Å². The molecule has 2 aliphatic rings. The number of anilines is 1. The summed E-state index contributed by atoms with van der Waals surface area (Å²) in [6.07, 6.45) is 0.139. The Morgan fingerprint density at radius 2 is 2.00 bits per heavy atom. The number of nitrogens with zero attached hydrogens (tertiary/aromatic N) is 3. The lowest BCUT2D eigenvalue weighted by Crippen LogP contribution is -2.39. The third-order valence-electron chi connectivity index (χ3n) is 4.28. The van der Waals surface area contributed by atoms with Crippen LogP contribution in [0.4, 0.5) is 5.69 Å². The number of fused-ring (bicyclic) bond motifs is 1. The molecule has 2 aliphatic heterocycles. The summed E-state index contributed by atoms with van der Waals surface area (Å²) in [6, 6.07) is 5.34. The lowest BCUT2D eigenvalue weighted by molar-refractivity contribution is -0.133. The minimum Gasteiger partial charge on any atom is -0.464 e. The third-order valence-corrected chi connectivity index (χ3v) is 4.52. The van der Waals surface area contributed by atoms with Crippen LogP contribution < -0.4 is 4.90 Å². The van der Waals surface area contributed by atoms with E-state index in [1.54, 1.807) is 18.2 Å². The summed E-state index contributed by atoms with van der Waals surface area (Å²) in [5.41, 5.74) is 0.182. The number of hydrogen-bond donors (Lipinski definition) is 0. The van der Waals surface area contributed by atoms with E-state index in [9.17, 15) is 19.2 Å². The minimum atomic E-state index is -1.07. The first kappa shape index (κ1) is 18.1. The molecule has 0 bridgehead atoms. The fraction of sp³-hybridized carbons (Fsp3) is 0.353. The molecule has 0 radical (unpaired) electrons. The van der Waals surface area contributed by atoms with Gasteiger partial charge in [0.05, 0.1) is 12.8 Å². The number of imide groups is 1. The Hall–Kier alpha value is -2.74. The number of carbonyl (C=O) groups excluding carboxylic acids is 4. The number of rotatable bonds is 5. The maximum Gasteiger partial charge on any atom is 0.355 e. The second-order valence-electron chi connectivity index (χ2n) is 6.01. The molecule has 8 nitrogen and oxygen atoms in total. The first-order chi connectivity index (χ1) is 12.3. The highest BCUT2D eigenvalue weighted by Crippen LogP contribution is 2.36. The van der Waals surface area contributed by atoms with Crippen molar-refractivity contribution < 1.29 is 23.9 Å². The molecule has 0 aromatic heterocycles. The molecule has 9 heteroatoms. The number of Topliss-reactive ketones (excluding diaryl/α,β-unsaturated/α-hetero) is 1. The van der Waals surface area contributed by atoms with E-state index in [4.69, 9.17) is 16.3 Å². The summed E-state index contributed by atoms with van der Waals surface area (Å²) in [6.45, 7) is 1.54. The van der Waals surface area contributed by atoms with Crippen molar-refractivity contribution in [3.63, 3.8) is 0 Å². The highest BCUT2D eigenvalue weighted by molar-refractivity contribution is 6.46. The van der Waals surface area contributed by atoms with E-state index in [1.165, 1.54) is 25.1 Å². The lowest BCUT2D eigenvalue weighted by Gasteiger charge is -2.21. The van der Waals surface area contributed by atoms with Crippen LogP contribution >= 0.6 is 11.6 Å². The van der Waals surface area contributed by atoms with Crippen molar-refractivity contribution >= 4 is 46.6 Å². The Kier molecular flexibility index (Phi) is 4.78. The van der Waals surface area contributed by atoms with Crippen molar-refractivity contribution in [1.29, 1.82) is 0 Å². The molecule has 2 amide bonds. The molecular weight excluding hydrogens is 362 g/mol. The van der Waals surface area contributed by atoms with E-state index < -0.39 is 29.7 Å². The number of benzene rings is 1. The highest BCUT2D eigenvalue weighted by atomic mass is 35.5. The first-order valence-electron chi connectivity index (χ1n) is 7.91. The number of hydrogen-bond acceptors (Lipinski definition) is 7. The first-order valence-corrected chi connectivity index (χ1v) is 8.29. The van der Waals surface area contributed by atoms with Crippen LogP contribution in [0, 0.1) is 5.92 Å². The SMILES string of the molecule is COC(=O)C1=NN(CCC(C)=O)[C@@H]2C(=O)N(c3cccc(Cl)c3)C(=O)[C@@H]12. The maximum atomic E-state index is 12.9. The van der Waals surface area contributed by atoms with Crippen molar-refractivity contribution in [1.82, 2.24) is 5.01 Å². The zero-order valence-electron chi connectivity index (χ0n) is 14.1. The summed E-state index contributed by atoms with van der Waals surface area (Å²) in [7, 11) is 1.17. The predicted molar refractivity (Wildman–Crippen MR) is 92.7 cm³/mol. The molecule has 136 valence electrons. The fourth-order valence-corrected chi connectivity index (χ4v) is 3.27. The summed E-state index contributed by atoms with van der Waals surface area (Å²) < 4.78 is 4.69. The molecular formula is C17H16ClN3O5. The van der Waals surface area contributed by atoms with Crippen LogP contribution in [-0.4, -0.2) is 54.0 Å². The normalized spacial score (nSPS) is 21.7. The van der Waals surface area contributed by atoms with Crippen molar-refractivity contribution in [2.45, 2.75) is 19.4 Å². The van der Waals surface area contributed by atoms with Gasteiger partial charge in [-0.3, -0.25) is 19.4 Å². The molecule has 0 N–H and O–H groups in total. The van der Waals surface area contributed by atoms with Crippen LogP contribution in [0.5, 0.6) is 0 Å². The Bertz CT molecular complexity index is 837. The number of amides is 2. The predicted octanol–water partition coefficient (Wildman–Crippen LogP) is 1.02. The van der Waals surface area contributed by atoms with Crippen LogP contribution in [0.3, 0.4) is 0 Å². The van der Waals surface area contributed by atoms with Gasteiger partial charge in [0, 0.05) is 18.0 Å². The van der Waals surface area contributed by atoms with Crippen molar-refractivity contribution in [2.24, 2.45) is 11.0 Å². The molecule has 1 aromatic rings. The van der Waals surface area contributed by atoms with Gasteiger partial charge in [0.1, 0.15) is 17.7 Å². The van der Waals surface area contributed by atoms with Gasteiger partial charge in [0.15, 0.2) is 5.71 Å². The average Bonchev–Trinajstić information content (AvgIpc) is 3.09. The van der Waals surface area contributed by atoms with Gasteiger partial charge in [-0.1, -0.05) is 17.7 Å². The second kappa shape index (κ2) is 6.87. The summed E-state index contributed by atoms with van der Waals surface area (Å²) in [4.78, 5) is 50.2. The number of halogens is 1. The fourth-order valence-electron chi connectivity index (χ4n) is 3.09. The monoisotopic (exact) mass is 377 g/mol. The number of carbonyl (C=O) groups is 4. The van der Waals surface area contributed by atoms with Crippen molar-refractivity contribution in [3.05, 3.63) is 29.3 Å². The topological polar surface area (TPSA) is 96.3 Å². The van der Waals surface area contributed by atoms with Crippen LogP contribution in [-0.2, 0) is 23.9 Å². The van der Waals surface area contributed by atoms with Gasteiger partial charge in [0.2, 0.25) is 5.91 Å². The van der Waals surface area contributed by atoms with Crippen LogP contribution in [0.1, 0.15) is 13.3 Å². The van der Waals surface area contributed by atoms with Gasteiger partial charge < -0.3 is 4.74 Å².